The average molecular weight is 310 g/mol. The van der Waals surface area contributed by atoms with Crippen LogP contribution in [0.5, 0.6) is 0 Å². The third kappa shape index (κ3) is 3.48. The van der Waals surface area contributed by atoms with Crippen LogP contribution in [0.2, 0.25) is 0 Å². The van der Waals surface area contributed by atoms with E-state index in [-0.39, 0.29) is 0 Å². The first-order valence-corrected chi connectivity index (χ1v) is 7.73. The second-order valence-electron chi connectivity index (χ2n) is 5.23. The van der Waals surface area contributed by atoms with Gasteiger partial charge in [0.05, 0.1) is 0 Å². The van der Waals surface area contributed by atoms with E-state index in [2.05, 4.69) is 63.8 Å². The Hall–Kier alpha value is -0.540. The van der Waals surface area contributed by atoms with E-state index in [0.717, 1.165) is 25.0 Å². The summed E-state index contributed by atoms with van der Waals surface area (Å²) in [6.45, 7) is 10.2. The zero-order valence-corrected chi connectivity index (χ0v) is 12.9. The molecule has 0 atom stereocenters. The second-order valence-corrected chi connectivity index (χ2v) is 5.79. The van der Waals surface area contributed by atoms with Crippen molar-refractivity contribution in [3.8, 4) is 0 Å². The lowest BCUT2D eigenvalue weighted by Gasteiger charge is -2.37. The number of para-hydroxylation sites is 1. The fourth-order valence-corrected chi connectivity index (χ4v) is 3.00. The summed E-state index contributed by atoms with van der Waals surface area (Å²) in [5.41, 5.74) is 2.79. The van der Waals surface area contributed by atoms with Crippen LogP contribution in [0.15, 0.2) is 24.3 Å². The lowest BCUT2D eigenvalue weighted by molar-refractivity contribution is 0.267. The van der Waals surface area contributed by atoms with Crippen molar-refractivity contribution in [2.24, 2.45) is 0 Å². The number of anilines is 1. The SMILES string of the molecule is C[C](C)CN1CCN(c2ccccc2CBr)CC1. The molecule has 1 fully saturated rings. The van der Waals surface area contributed by atoms with Crippen molar-refractivity contribution in [2.75, 3.05) is 37.6 Å². The lowest BCUT2D eigenvalue weighted by Crippen LogP contribution is -2.47. The summed E-state index contributed by atoms with van der Waals surface area (Å²) in [4.78, 5) is 5.06. The lowest BCUT2D eigenvalue weighted by atomic mass is 10.1. The number of piperazine rings is 1. The first-order valence-electron chi connectivity index (χ1n) is 6.61. The Morgan fingerprint density at radius 3 is 2.39 bits per heavy atom. The molecule has 1 radical (unpaired) electrons. The van der Waals surface area contributed by atoms with Crippen LogP contribution in [-0.4, -0.2) is 37.6 Å². The molecule has 1 aromatic carbocycles. The second kappa shape index (κ2) is 6.58. The quantitative estimate of drug-likeness (QED) is 0.787. The van der Waals surface area contributed by atoms with Crippen LogP contribution in [0.1, 0.15) is 19.4 Å². The molecular formula is C15H22BrN2. The highest BCUT2D eigenvalue weighted by Gasteiger charge is 2.19. The summed E-state index contributed by atoms with van der Waals surface area (Å²) in [5.74, 6) is 1.50. The van der Waals surface area contributed by atoms with E-state index in [0.29, 0.717) is 0 Å². The topological polar surface area (TPSA) is 6.48 Å². The predicted molar refractivity (Wildman–Crippen MR) is 82.3 cm³/mol. The highest BCUT2D eigenvalue weighted by atomic mass is 79.9. The van der Waals surface area contributed by atoms with Gasteiger partial charge in [0.2, 0.25) is 0 Å². The van der Waals surface area contributed by atoms with Crippen LogP contribution in [0.3, 0.4) is 0 Å². The maximum atomic E-state index is 3.58. The molecule has 1 aliphatic heterocycles. The Bertz CT molecular complexity index is 371. The van der Waals surface area contributed by atoms with Crippen molar-refractivity contribution >= 4 is 21.6 Å². The largest absolute Gasteiger partial charge is 0.369 e. The maximum absolute atomic E-state index is 3.58. The van der Waals surface area contributed by atoms with E-state index < -0.39 is 0 Å². The van der Waals surface area contributed by atoms with Crippen LogP contribution in [-0.2, 0) is 5.33 Å². The van der Waals surface area contributed by atoms with Gasteiger partial charge < -0.3 is 4.90 Å². The molecule has 0 spiro atoms. The smallest absolute Gasteiger partial charge is 0.0408 e. The molecular weight excluding hydrogens is 288 g/mol. The van der Waals surface area contributed by atoms with Gasteiger partial charge in [-0.3, -0.25) is 4.90 Å². The molecule has 0 aliphatic carbocycles. The number of alkyl halides is 1. The molecule has 99 valence electrons. The summed E-state index contributed by atoms with van der Waals surface area (Å²) in [6, 6.07) is 8.70. The number of rotatable bonds is 4. The van der Waals surface area contributed by atoms with Crippen LogP contribution in [0.4, 0.5) is 5.69 Å². The molecule has 2 nitrogen and oxygen atoms in total. The number of hydrogen-bond donors (Lipinski definition) is 0. The minimum absolute atomic E-state index is 0.936. The van der Waals surface area contributed by atoms with E-state index in [1.165, 1.54) is 30.3 Å². The highest BCUT2D eigenvalue weighted by Crippen LogP contribution is 2.23. The van der Waals surface area contributed by atoms with Crippen LogP contribution < -0.4 is 4.90 Å². The van der Waals surface area contributed by atoms with Gasteiger partial charge in [-0.25, -0.2) is 0 Å². The van der Waals surface area contributed by atoms with Crippen molar-refractivity contribution in [2.45, 2.75) is 19.2 Å². The summed E-state index contributed by atoms with van der Waals surface area (Å²) in [7, 11) is 0. The van der Waals surface area contributed by atoms with Crippen LogP contribution in [0.25, 0.3) is 0 Å². The van der Waals surface area contributed by atoms with Gasteiger partial charge in [-0.1, -0.05) is 48.0 Å². The first kappa shape index (κ1) is 13.9. The summed E-state index contributed by atoms with van der Waals surface area (Å²) in [5, 5.41) is 0.936. The molecule has 0 N–H and O–H groups in total. The van der Waals surface area contributed by atoms with Gasteiger partial charge in [-0.05, 0) is 17.5 Å². The zero-order valence-electron chi connectivity index (χ0n) is 11.3. The Morgan fingerprint density at radius 1 is 1.11 bits per heavy atom. The van der Waals surface area contributed by atoms with Crippen molar-refractivity contribution in [1.29, 1.82) is 0 Å². The molecule has 0 aromatic heterocycles. The molecule has 1 aromatic rings. The maximum Gasteiger partial charge on any atom is 0.0408 e. The molecule has 3 heteroatoms. The third-order valence-corrected chi connectivity index (χ3v) is 3.99. The fraction of sp³-hybridized carbons (Fsp3) is 0.533. The predicted octanol–water partition coefficient (Wildman–Crippen LogP) is 3.32. The zero-order chi connectivity index (χ0) is 13.0. The van der Waals surface area contributed by atoms with Crippen molar-refractivity contribution in [1.82, 2.24) is 4.90 Å². The van der Waals surface area contributed by atoms with Gasteiger partial charge in [-0.15, -0.1) is 0 Å². The Morgan fingerprint density at radius 2 is 1.78 bits per heavy atom. The van der Waals surface area contributed by atoms with E-state index in [1.54, 1.807) is 0 Å². The van der Waals surface area contributed by atoms with Gasteiger partial charge in [0.25, 0.3) is 0 Å². The standard InChI is InChI=1S/C15H22BrN2/c1-13(2)12-17-7-9-18(10-8-17)15-6-4-3-5-14(15)11-16/h3-6H,7-12H2,1-2H3. The van der Waals surface area contributed by atoms with Gasteiger partial charge in [-0.2, -0.15) is 0 Å². The minimum atomic E-state index is 0.936. The van der Waals surface area contributed by atoms with Gasteiger partial charge >= 0.3 is 0 Å². The van der Waals surface area contributed by atoms with Gasteiger partial charge in [0.15, 0.2) is 0 Å². The highest BCUT2D eigenvalue weighted by molar-refractivity contribution is 9.08. The summed E-state index contributed by atoms with van der Waals surface area (Å²) < 4.78 is 0. The molecule has 0 bridgehead atoms. The molecule has 18 heavy (non-hydrogen) atoms. The number of halogens is 1. The Labute approximate surface area is 119 Å². The molecule has 1 saturated heterocycles. The van der Waals surface area contributed by atoms with E-state index >= 15 is 0 Å². The molecule has 2 rings (SSSR count). The minimum Gasteiger partial charge on any atom is -0.369 e. The number of hydrogen-bond acceptors (Lipinski definition) is 2. The third-order valence-electron chi connectivity index (χ3n) is 3.39. The Kier molecular flexibility index (Phi) is 5.07. The first-order chi connectivity index (χ1) is 8.70. The van der Waals surface area contributed by atoms with Crippen LogP contribution in [0, 0.1) is 5.92 Å². The van der Waals surface area contributed by atoms with Crippen molar-refractivity contribution in [3.05, 3.63) is 35.7 Å². The average Bonchev–Trinajstić information content (AvgIpc) is 2.39. The van der Waals surface area contributed by atoms with E-state index in [1.807, 2.05) is 0 Å². The molecule has 0 saturated carbocycles. The molecule has 1 aliphatic rings. The summed E-state index contributed by atoms with van der Waals surface area (Å²) in [6.07, 6.45) is 0. The number of benzene rings is 1. The van der Waals surface area contributed by atoms with E-state index in [4.69, 9.17) is 0 Å². The van der Waals surface area contributed by atoms with Crippen molar-refractivity contribution in [3.63, 3.8) is 0 Å². The summed E-state index contributed by atoms with van der Waals surface area (Å²) >= 11 is 3.58. The monoisotopic (exact) mass is 309 g/mol. The number of nitrogens with zero attached hydrogens (tertiary/aromatic N) is 2. The normalized spacial score (nSPS) is 17.4. The molecule has 0 amide bonds. The Balaban J connectivity index is 1.97. The van der Waals surface area contributed by atoms with Gasteiger partial charge in [0.1, 0.15) is 0 Å². The van der Waals surface area contributed by atoms with E-state index in [9.17, 15) is 0 Å². The fourth-order valence-electron chi connectivity index (χ4n) is 2.53. The van der Waals surface area contributed by atoms with Gasteiger partial charge in [0, 0.05) is 43.7 Å². The van der Waals surface area contributed by atoms with Crippen LogP contribution >= 0.6 is 15.9 Å². The molecule has 1 heterocycles. The molecule has 0 unspecified atom stereocenters. The van der Waals surface area contributed by atoms with Crippen molar-refractivity contribution < 1.29 is 0 Å².